The number of amides is 2. The molecule has 0 atom stereocenters. The van der Waals surface area contributed by atoms with Gasteiger partial charge in [0.05, 0.1) is 11.0 Å². The highest BCUT2D eigenvalue weighted by atomic mass is 16.2. The molecule has 0 aliphatic heterocycles. The Morgan fingerprint density at radius 1 is 1.15 bits per heavy atom. The number of imidazole rings is 1. The number of fused-ring (bicyclic) bond motifs is 1. The Balaban J connectivity index is 1.62. The lowest BCUT2D eigenvalue weighted by molar-refractivity contribution is -0.114. The van der Waals surface area contributed by atoms with E-state index in [0.717, 1.165) is 16.9 Å². The van der Waals surface area contributed by atoms with Crippen LogP contribution < -0.4 is 10.6 Å². The van der Waals surface area contributed by atoms with Gasteiger partial charge in [0.15, 0.2) is 0 Å². The van der Waals surface area contributed by atoms with Crippen LogP contribution in [0.15, 0.2) is 36.4 Å². The molecule has 0 radical (unpaired) electrons. The standard InChI is InChI=1S/C20H22N4O2/c1-12-7-8-17-19(13(12)2)24-18(23-17)9-10-21-20(26)15-5-4-6-16(11-15)22-14(3)25/h4-8,11H,9-10H2,1-3H3,(H,21,26)(H,22,25)(H,23,24). The zero-order chi connectivity index (χ0) is 18.7. The highest BCUT2D eigenvalue weighted by molar-refractivity contribution is 5.96. The Bertz CT molecular complexity index is 975. The second kappa shape index (κ2) is 7.39. The highest BCUT2D eigenvalue weighted by Gasteiger charge is 2.09. The van der Waals surface area contributed by atoms with Crippen LogP contribution in [0.2, 0.25) is 0 Å². The summed E-state index contributed by atoms with van der Waals surface area (Å²) < 4.78 is 0. The molecule has 1 heterocycles. The van der Waals surface area contributed by atoms with E-state index in [4.69, 9.17) is 0 Å². The van der Waals surface area contributed by atoms with E-state index in [1.165, 1.54) is 18.1 Å². The van der Waals surface area contributed by atoms with Crippen molar-refractivity contribution in [1.29, 1.82) is 0 Å². The molecule has 6 heteroatoms. The molecule has 0 aliphatic rings. The van der Waals surface area contributed by atoms with Crippen molar-refractivity contribution in [2.75, 3.05) is 11.9 Å². The number of carbonyl (C=O) groups is 2. The van der Waals surface area contributed by atoms with Crippen molar-refractivity contribution in [3.63, 3.8) is 0 Å². The number of anilines is 1. The van der Waals surface area contributed by atoms with Gasteiger partial charge in [-0.05, 0) is 49.2 Å². The minimum Gasteiger partial charge on any atom is -0.352 e. The predicted molar refractivity (Wildman–Crippen MR) is 102 cm³/mol. The molecule has 26 heavy (non-hydrogen) atoms. The van der Waals surface area contributed by atoms with E-state index < -0.39 is 0 Å². The average molecular weight is 350 g/mol. The van der Waals surface area contributed by atoms with Crippen molar-refractivity contribution in [3.05, 3.63) is 58.9 Å². The number of nitrogens with one attached hydrogen (secondary N) is 3. The summed E-state index contributed by atoms with van der Waals surface area (Å²) in [6.07, 6.45) is 0.615. The number of aryl methyl sites for hydroxylation is 2. The molecule has 3 rings (SSSR count). The van der Waals surface area contributed by atoms with Crippen molar-refractivity contribution in [1.82, 2.24) is 15.3 Å². The largest absolute Gasteiger partial charge is 0.352 e. The Labute approximate surface area is 152 Å². The van der Waals surface area contributed by atoms with Crippen molar-refractivity contribution < 1.29 is 9.59 Å². The van der Waals surface area contributed by atoms with E-state index in [1.54, 1.807) is 24.3 Å². The van der Waals surface area contributed by atoms with Crippen LogP contribution in [0.3, 0.4) is 0 Å². The summed E-state index contributed by atoms with van der Waals surface area (Å²) in [5.41, 5.74) is 5.49. The van der Waals surface area contributed by atoms with Gasteiger partial charge in [-0.3, -0.25) is 9.59 Å². The van der Waals surface area contributed by atoms with Gasteiger partial charge in [0.1, 0.15) is 5.82 Å². The first-order chi connectivity index (χ1) is 12.4. The molecule has 3 N–H and O–H groups in total. The minimum atomic E-state index is -0.180. The Hall–Kier alpha value is -3.15. The smallest absolute Gasteiger partial charge is 0.251 e. The molecule has 0 unspecified atom stereocenters. The number of benzene rings is 2. The molecule has 0 saturated carbocycles. The molecule has 2 aromatic carbocycles. The molecular formula is C20H22N4O2. The molecule has 0 spiro atoms. The maximum Gasteiger partial charge on any atom is 0.251 e. The zero-order valence-corrected chi connectivity index (χ0v) is 15.1. The normalized spacial score (nSPS) is 10.7. The third-order valence-corrected chi connectivity index (χ3v) is 4.32. The molecule has 134 valence electrons. The first-order valence-corrected chi connectivity index (χ1v) is 8.54. The molecule has 3 aromatic rings. The van der Waals surface area contributed by atoms with Crippen LogP contribution in [0.1, 0.15) is 34.2 Å². The molecule has 0 aliphatic carbocycles. The summed E-state index contributed by atoms with van der Waals surface area (Å²) in [6.45, 7) is 6.04. The fourth-order valence-electron chi connectivity index (χ4n) is 2.82. The van der Waals surface area contributed by atoms with Gasteiger partial charge in [-0.1, -0.05) is 12.1 Å². The van der Waals surface area contributed by atoms with Crippen LogP contribution >= 0.6 is 0 Å². The fraction of sp³-hybridized carbons (Fsp3) is 0.250. The number of nitrogens with zero attached hydrogens (tertiary/aromatic N) is 1. The van der Waals surface area contributed by atoms with Crippen molar-refractivity contribution in [2.45, 2.75) is 27.2 Å². The van der Waals surface area contributed by atoms with Crippen LogP contribution in [0.5, 0.6) is 0 Å². The maximum atomic E-state index is 12.3. The number of rotatable bonds is 5. The minimum absolute atomic E-state index is 0.169. The van der Waals surface area contributed by atoms with Gasteiger partial charge in [-0.15, -0.1) is 0 Å². The summed E-state index contributed by atoms with van der Waals surface area (Å²) in [5.74, 6) is 0.499. The monoisotopic (exact) mass is 350 g/mol. The molecule has 1 aromatic heterocycles. The summed E-state index contributed by atoms with van der Waals surface area (Å²) in [4.78, 5) is 31.3. The lowest BCUT2D eigenvalue weighted by atomic mass is 10.1. The fourth-order valence-corrected chi connectivity index (χ4v) is 2.82. The lowest BCUT2D eigenvalue weighted by Crippen LogP contribution is -2.26. The van der Waals surface area contributed by atoms with Crippen molar-refractivity contribution >= 4 is 28.5 Å². The van der Waals surface area contributed by atoms with E-state index >= 15 is 0 Å². The SMILES string of the molecule is CC(=O)Nc1cccc(C(=O)NCCc2nc3c(C)c(C)ccc3[nH]2)c1. The van der Waals surface area contributed by atoms with Gasteiger partial charge in [-0.2, -0.15) is 0 Å². The van der Waals surface area contributed by atoms with Gasteiger partial charge in [0.2, 0.25) is 5.91 Å². The third kappa shape index (κ3) is 3.91. The number of hydrogen-bond donors (Lipinski definition) is 3. The first kappa shape index (κ1) is 17.7. The van der Waals surface area contributed by atoms with Gasteiger partial charge in [0, 0.05) is 31.1 Å². The highest BCUT2D eigenvalue weighted by Crippen LogP contribution is 2.19. The Kier molecular flexibility index (Phi) is 5.02. The molecule has 0 bridgehead atoms. The van der Waals surface area contributed by atoms with Crippen molar-refractivity contribution in [3.8, 4) is 0 Å². The van der Waals surface area contributed by atoms with Crippen LogP contribution in [0.4, 0.5) is 5.69 Å². The van der Waals surface area contributed by atoms with Crippen LogP contribution in [0.25, 0.3) is 11.0 Å². The predicted octanol–water partition coefficient (Wildman–Crippen LogP) is 3.11. The molecule has 0 fully saturated rings. The van der Waals surface area contributed by atoms with Gasteiger partial charge in [0.25, 0.3) is 5.91 Å². The van der Waals surface area contributed by atoms with Crippen molar-refractivity contribution in [2.24, 2.45) is 0 Å². The molecule has 0 saturated heterocycles. The molecular weight excluding hydrogens is 328 g/mol. The number of hydrogen-bond acceptors (Lipinski definition) is 3. The number of aromatic nitrogens is 2. The number of aromatic amines is 1. The first-order valence-electron chi connectivity index (χ1n) is 8.54. The van der Waals surface area contributed by atoms with E-state index in [-0.39, 0.29) is 11.8 Å². The Morgan fingerprint density at radius 2 is 1.96 bits per heavy atom. The van der Waals surface area contributed by atoms with Gasteiger partial charge < -0.3 is 15.6 Å². The summed E-state index contributed by atoms with van der Waals surface area (Å²) >= 11 is 0. The average Bonchev–Trinajstić information content (AvgIpc) is 3.01. The van der Waals surface area contributed by atoms with E-state index in [1.807, 2.05) is 6.07 Å². The molecule has 2 amide bonds. The van der Waals surface area contributed by atoms with Gasteiger partial charge in [-0.25, -0.2) is 4.98 Å². The summed E-state index contributed by atoms with van der Waals surface area (Å²) in [7, 11) is 0. The van der Waals surface area contributed by atoms with Gasteiger partial charge >= 0.3 is 0 Å². The van der Waals surface area contributed by atoms with E-state index in [9.17, 15) is 9.59 Å². The summed E-state index contributed by atoms with van der Waals surface area (Å²) in [6, 6.07) is 11.0. The lowest BCUT2D eigenvalue weighted by Gasteiger charge is -2.06. The Morgan fingerprint density at radius 3 is 2.73 bits per heavy atom. The van der Waals surface area contributed by atoms with E-state index in [0.29, 0.717) is 24.2 Å². The number of carbonyl (C=O) groups excluding carboxylic acids is 2. The second-order valence-corrected chi connectivity index (χ2v) is 6.36. The quantitative estimate of drug-likeness (QED) is 0.661. The van der Waals surface area contributed by atoms with Crippen LogP contribution in [-0.2, 0) is 11.2 Å². The maximum absolute atomic E-state index is 12.3. The van der Waals surface area contributed by atoms with Crippen LogP contribution in [0, 0.1) is 13.8 Å². The topological polar surface area (TPSA) is 86.9 Å². The zero-order valence-electron chi connectivity index (χ0n) is 15.1. The van der Waals surface area contributed by atoms with E-state index in [2.05, 4.69) is 40.5 Å². The second-order valence-electron chi connectivity index (χ2n) is 6.36. The van der Waals surface area contributed by atoms with Crippen LogP contribution in [-0.4, -0.2) is 28.3 Å². The summed E-state index contributed by atoms with van der Waals surface area (Å²) in [5, 5.41) is 5.56. The molecule has 6 nitrogen and oxygen atoms in total. The number of H-pyrrole nitrogens is 1. The third-order valence-electron chi connectivity index (χ3n) is 4.32.